The van der Waals surface area contributed by atoms with Gasteiger partial charge in [0.1, 0.15) is 5.75 Å². The summed E-state index contributed by atoms with van der Waals surface area (Å²) in [6, 6.07) is 5.07. The summed E-state index contributed by atoms with van der Waals surface area (Å²) in [5, 5.41) is 8.87. The average Bonchev–Trinajstić information content (AvgIpc) is 2.60. The van der Waals surface area contributed by atoms with Crippen molar-refractivity contribution >= 4 is 35.8 Å². The smallest absolute Gasteiger partial charge is 0.422 e. The lowest BCUT2D eigenvalue weighted by Crippen LogP contribution is -2.47. The van der Waals surface area contributed by atoms with Crippen LogP contribution in [0.3, 0.4) is 0 Å². The zero-order valence-electron chi connectivity index (χ0n) is 17.4. The summed E-state index contributed by atoms with van der Waals surface area (Å²) in [6.07, 6.45) is -4.41. The van der Waals surface area contributed by atoms with Crippen molar-refractivity contribution in [1.29, 1.82) is 0 Å². The molecule has 0 radical (unpaired) electrons. The van der Waals surface area contributed by atoms with Crippen LogP contribution in [0.1, 0.15) is 31.9 Å². The van der Waals surface area contributed by atoms with E-state index in [0.29, 0.717) is 24.6 Å². The normalized spacial score (nSPS) is 12.1. The van der Waals surface area contributed by atoms with E-state index in [1.54, 1.807) is 46.0 Å². The molecule has 166 valence electrons. The molecule has 0 atom stereocenters. The molecule has 0 aliphatic heterocycles. The van der Waals surface area contributed by atoms with Crippen molar-refractivity contribution in [3.8, 4) is 5.75 Å². The van der Waals surface area contributed by atoms with E-state index >= 15 is 0 Å². The first-order chi connectivity index (χ1) is 13.0. The van der Waals surface area contributed by atoms with Gasteiger partial charge < -0.3 is 20.7 Å². The number of aryl methyl sites for hydroxylation is 1. The van der Waals surface area contributed by atoms with Gasteiger partial charge in [0.25, 0.3) is 0 Å². The van der Waals surface area contributed by atoms with Gasteiger partial charge in [-0.25, -0.2) is 0 Å². The Morgan fingerprint density at radius 1 is 1.17 bits per heavy atom. The number of halogens is 4. The maximum absolute atomic E-state index is 12.5. The third-order valence-electron chi connectivity index (χ3n) is 3.93. The van der Waals surface area contributed by atoms with E-state index in [0.717, 1.165) is 5.56 Å². The molecule has 0 heterocycles. The van der Waals surface area contributed by atoms with E-state index in [2.05, 4.69) is 20.9 Å². The van der Waals surface area contributed by atoms with Crippen molar-refractivity contribution in [2.75, 3.05) is 26.7 Å². The molecule has 6 nitrogen and oxygen atoms in total. The number of hydrogen-bond donors (Lipinski definition) is 3. The molecule has 1 aromatic carbocycles. The molecule has 0 saturated carbocycles. The minimum Gasteiger partial charge on any atom is -0.484 e. The lowest BCUT2D eigenvalue weighted by molar-refractivity contribution is -0.153. The van der Waals surface area contributed by atoms with Gasteiger partial charge >= 0.3 is 6.18 Å². The summed E-state index contributed by atoms with van der Waals surface area (Å²) < 4.78 is 42.4. The molecule has 1 amide bonds. The Hall–Kier alpha value is -1.72. The second-order valence-electron chi connectivity index (χ2n) is 7.04. The van der Waals surface area contributed by atoms with Gasteiger partial charge in [0.2, 0.25) is 5.91 Å². The third kappa shape index (κ3) is 10.0. The van der Waals surface area contributed by atoms with Gasteiger partial charge in [0.15, 0.2) is 12.6 Å². The second-order valence-corrected chi connectivity index (χ2v) is 7.04. The van der Waals surface area contributed by atoms with Gasteiger partial charge in [-0.05, 0) is 39.3 Å². The van der Waals surface area contributed by atoms with E-state index in [1.165, 1.54) is 0 Å². The highest BCUT2D eigenvalue weighted by Gasteiger charge is 2.29. The first-order valence-corrected chi connectivity index (χ1v) is 9.00. The van der Waals surface area contributed by atoms with Gasteiger partial charge in [0, 0.05) is 32.2 Å². The highest BCUT2D eigenvalue weighted by molar-refractivity contribution is 14.0. The lowest BCUT2D eigenvalue weighted by atomic mass is 9.92. The number of nitrogens with zero attached hydrogens (tertiary/aromatic N) is 1. The van der Waals surface area contributed by atoms with Crippen molar-refractivity contribution in [2.45, 2.75) is 40.4 Å². The Morgan fingerprint density at radius 3 is 2.38 bits per heavy atom. The number of benzene rings is 1. The zero-order valence-corrected chi connectivity index (χ0v) is 19.7. The molecule has 0 aliphatic carbocycles. The van der Waals surface area contributed by atoms with Crippen LogP contribution in [0.15, 0.2) is 23.2 Å². The second kappa shape index (κ2) is 12.1. The van der Waals surface area contributed by atoms with Crippen molar-refractivity contribution in [3.63, 3.8) is 0 Å². The molecule has 10 heteroatoms. The number of nitrogens with one attached hydrogen (secondary N) is 3. The molecular formula is C19H30F3IN4O2. The number of carbonyl (C=O) groups is 1. The predicted molar refractivity (Wildman–Crippen MR) is 119 cm³/mol. The Labute approximate surface area is 187 Å². The van der Waals surface area contributed by atoms with Gasteiger partial charge in [-0.1, -0.05) is 12.1 Å². The summed E-state index contributed by atoms with van der Waals surface area (Å²) in [5.41, 5.74) is 0.714. The molecule has 1 aromatic rings. The van der Waals surface area contributed by atoms with Gasteiger partial charge in [-0.3, -0.25) is 9.79 Å². The van der Waals surface area contributed by atoms with Crippen molar-refractivity contribution in [3.05, 3.63) is 29.3 Å². The highest BCUT2D eigenvalue weighted by Crippen LogP contribution is 2.23. The number of alkyl halides is 3. The Balaban J connectivity index is 0.00000784. The fourth-order valence-corrected chi connectivity index (χ4v) is 2.29. The molecule has 0 aliphatic rings. The summed E-state index contributed by atoms with van der Waals surface area (Å²) in [6.45, 7) is 6.99. The minimum atomic E-state index is -4.41. The molecule has 1 rings (SSSR count). The molecule has 0 bridgehead atoms. The van der Waals surface area contributed by atoms with Crippen LogP contribution in [-0.2, 0) is 11.3 Å². The molecule has 3 N–H and O–H groups in total. The number of ether oxygens (including phenoxy) is 1. The van der Waals surface area contributed by atoms with Crippen LogP contribution in [0.2, 0.25) is 0 Å². The highest BCUT2D eigenvalue weighted by atomic mass is 127. The largest absolute Gasteiger partial charge is 0.484 e. The van der Waals surface area contributed by atoms with Crippen LogP contribution < -0.4 is 20.7 Å². The molecule has 29 heavy (non-hydrogen) atoms. The minimum absolute atomic E-state index is 0. The Morgan fingerprint density at radius 2 is 1.83 bits per heavy atom. The predicted octanol–water partition coefficient (Wildman–Crippen LogP) is 3.38. The van der Waals surface area contributed by atoms with Crippen molar-refractivity contribution < 1.29 is 22.7 Å². The summed E-state index contributed by atoms with van der Waals surface area (Å²) in [4.78, 5) is 16.1. The number of rotatable bonds is 8. The number of guanidine groups is 1. The van der Waals surface area contributed by atoms with Crippen LogP contribution in [0.5, 0.6) is 5.75 Å². The summed E-state index contributed by atoms with van der Waals surface area (Å²) >= 11 is 0. The monoisotopic (exact) mass is 530 g/mol. The third-order valence-corrected chi connectivity index (χ3v) is 3.93. The summed E-state index contributed by atoms with van der Waals surface area (Å²) in [5.74, 6) is 0.516. The number of amides is 1. The molecule has 0 saturated heterocycles. The van der Waals surface area contributed by atoms with Crippen LogP contribution in [0.25, 0.3) is 0 Å². The first-order valence-electron chi connectivity index (χ1n) is 9.00. The maximum atomic E-state index is 12.5. The SMILES string of the molecule is CCNC(=O)C(C)(C)CNC(=NC)NCc1ccc(C)cc1OCC(F)(F)F.I. The van der Waals surface area contributed by atoms with Gasteiger partial charge in [-0.2, -0.15) is 13.2 Å². The fraction of sp³-hybridized carbons (Fsp3) is 0.579. The van der Waals surface area contributed by atoms with Crippen molar-refractivity contribution in [1.82, 2.24) is 16.0 Å². The van der Waals surface area contributed by atoms with E-state index in [9.17, 15) is 18.0 Å². The van der Waals surface area contributed by atoms with Crippen LogP contribution in [0, 0.1) is 12.3 Å². The van der Waals surface area contributed by atoms with E-state index in [4.69, 9.17) is 4.74 Å². The molecule has 0 unspecified atom stereocenters. The van der Waals surface area contributed by atoms with Crippen LogP contribution in [-0.4, -0.2) is 44.8 Å². The number of aliphatic imine (C=N–C) groups is 1. The quantitative estimate of drug-likeness (QED) is 0.274. The summed E-state index contributed by atoms with van der Waals surface area (Å²) in [7, 11) is 1.57. The molecule has 0 fully saturated rings. The Bertz CT molecular complexity index is 695. The lowest BCUT2D eigenvalue weighted by Gasteiger charge is -2.25. The average molecular weight is 530 g/mol. The Kier molecular flexibility index (Phi) is 11.4. The first kappa shape index (κ1) is 27.3. The van der Waals surface area contributed by atoms with Gasteiger partial charge in [-0.15, -0.1) is 24.0 Å². The van der Waals surface area contributed by atoms with Gasteiger partial charge in [0.05, 0.1) is 5.41 Å². The maximum Gasteiger partial charge on any atom is 0.422 e. The topological polar surface area (TPSA) is 74.8 Å². The van der Waals surface area contributed by atoms with E-state index in [-0.39, 0.29) is 42.2 Å². The number of hydrogen-bond acceptors (Lipinski definition) is 3. The van der Waals surface area contributed by atoms with Crippen molar-refractivity contribution in [2.24, 2.45) is 10.4 Å². The van der Waals surface area contributed by atoms with Crippen LogP contribution >= 0.6 is 24.0 Å². The molecule has 0 aromatic heterocycles. The van der Waals surface area contributed by atoms with E-state index in [1.807, 2.05) is 6.92 Å². The van der Waals surface area contributed by atoms with Crippen LogP contribution in [0.4, 0.5) is 13.2 Å². The van der Waals surface area contributed by atoms with E-state index < -0.39 is 18.2 Å². The molecular weight excluding hydrogens is 500 g/mol. The zero-order chi connectivity index (χ0) is 21.4. The fourth-order valence-electron chi connectivity index (χ4n) is 2.29. The number of carbonyl (C=O) groups excluding carboxylic acids is 1. The standard InChI is InChI=1S/C19H29F3N4O2.HI/c1-6-24-16(27)18(3,4)11-26-17(23-5)25-10-14-8-7-13(2)9-15(14)28-12-19(20,21)22;/h7-9H,6,10-12H2,1-5H3,(H,24,27)(H2,23,25,26);1H. The molecule has 0 spiro atoms.